The number of amides is 2. The van der Waals surface area contributed by atoms with Crippen molar-refractivity contribution in [3.05, 3.63) is 105 Å². The molecule has 1 fully saturated rings. The molecule has 3 aromatic carbocycles. The van der Waals surface area contributed by atoms with Crippen molar-refractivity contribution in [2.24, 2.45) is 5.92 Å². The van der Waals surface area contributed by atoms with Crippen molar-refractivity contribution >= 4 is 40.6 Å². The number of thiazole rings is 1. The minimum Gasteiger partial charge on any atom is -0.497 e. The molecular weight excluding hydrogens is 508 g/mol. The number of hydrogen-bond acceptors (Lipinski definition) is 7. The Labute approximate surface area is 221 Å². The largest absolute Gasteiger partial charge is 0.497 e. The Morgan fingerprint density at radius 2 is 1.68 bits per heavy atom. The summed E-state index contributed by atoms with van der Waals surface area (Å²) in [6, 6.07) is 24.3. The first-order valence-electron chi connectivity index (χ1n) is 11.7. The first kappa shape index (κ1) is 23.6. The van der Waals surface area contributed by atoms with Gasteiger partial charge in [-0.25, -0.2) is 4.90 Å². The summed E-state index contributed by atoms with van der Waals surface area (Å²) >= 11 is 2.36. The van der Waals surface area contributed by atoms with Crippen LogP contribution in [0, 0.1) is 5.92 Å². The van der Waals surface area contributed by atoms with Gasteiger partial charge in [0.1, 0.15) is 23.4 Å². The molecule has 3 heterocycles. The fraction of sp³-hybridized carbons (Fsp3) is 0.179. The van der Waals surface area contributed by atoms with Gasteiger partial charge in [-0.2, -0.15) is 0 Å². The maximum Gasteiger partial charge on any atom is 0.305 e. The number of thioether (sulfide) groups is 1. The van der Waals surface area contributed by atoms with Crippen LogP contribution in [0.15, 0.2) is 88.7 Å². The molecule has 0 saturated carbocycles. The van der Waals surface area contributed by atoms with Gasteiger partial charge in [0.05, 0.1) is 23.7 Å². The molecule has 2 unspecified atom stereocenters. The molecule has 2 aliphatic rings. The molecule has 1 aromatic heterocycles. The van der Waals surface area contributed by atoms with Crippen LogP contribution in [0.25, 0.3) is 0 Å². The molecule has 37 heavy (non-hydrogen) atoms. The van der Waals surface area contributed by atoms with Gasteiger partial charge in [0.25, 0.3) is 0 Å². The van der Waals surface area contributed by atoms with Gasteiger partial charge < -0.3 is 14.5 Å². The van der Waals surface area contributed by atoms with Crippen LogP contribution in [0.4, 0.5) is 5.69 Å². The van der Waals surface area contributed by atoms with Crippen LogP contribution in [0.1, 0.15) is 21.9 Å². The second-order valence-corrected chi connectivity index (χ2v) is 11.0. The summed E-state index contributed by atoms with van der Waals surface area (Å²) in [6.07, 6.45) is 0. The van der Waals surface area contributed by atoms with Gasteiger partial charge in [0, 0.05) is 10.8 Å². The van der Waals surface area contributed by atoms with Crippen LogP contribution in [-0.4, -0.2) is 29.2 Å². The average molecular weight is 531 g/mol. The van der Waals surface area contributed by atoms with E-state index >= 15 is 0 Å². The van der Waals surface area contributed by atoms with E-state index < -0.39 is 17.1 Å². The maximum absolute atomic E-state index is 13.8. The van der Waals surface area contributed by atoms with E-state index in [2.05, 4.69) is 4.98 Å². The van der Waals surface area contributed by atoms with E-state index in [0.29, 0.717) is 28.8 Å². The minimum atomic E-state index is -0.650. The molecule has 3 atom stereocenters. The third kappa shape index (κ3) is 4.24. The summed E-state index contributed by atoms with van der Waals surface area (Å²) in [5.74, 6) is -0.374. The lowest BCUT2D eigenvalue weighted by Crippen LogP contribution is -2.32. The van der Waals surface area contributed by atoms with E-state index in [1.54, 1.807) is 31.4 Å². The number of nitrogens with one attached hydrogen (secondary N) is 1. The van der Waals surface area contributed by atoms with Crippen molar-refractivity contribution in [1.82, 2.24) is 4.98 Å². The van der Waals surface area contributed by atoms with E-state index in [4.69, 9.17) is 9.47 Å². The number of hydrogen-bond donors (Lipinski definition) is 1. The summed E-state index contributed by atoms with van der Waals surface area (Å²) in [4.78, 5) is 44.4. The number of H-pyrrole nitrogens is 1. The van der Waals surface area contributed by atoms with E-state index in [-0.39, 0.29) is 16.7 Å². The van der Waals surface area contributed by atoms with E-state index in [1.807, 2.05) is 54.6 Å². The maximum atomic E-state index is 13.8. The molecule has 6 rings (SSSR count). The number of aromatic amines is 1. The molecule has 9 heteroatoms. The molecular formula is C28H22N2O5S2. The Bertz CT molecular complexity index is 1530. The topological polar surface area (TPSA) is 88.7 Å². The Kier molecular flexibility index (Phi) is 6.10. The Morgan fingerprint density at radius 3 is 2.43 bits per heavy atom. The highest BCUT2D eigenvalue weighted by molar-refractivity contribution is 8.00. The number of fused-ring (bicyclic) bond motifs is 2. The van der Waals surface area contributed by atoms with Crippen molar-refractivity contribution < 1.29 is 19.1 Å². The lowest BCUT2D eigenvalue weighted by Gasteiger charge is -2.30. The number of carbonyl (C=O) groups is 2. The van der Waals surface area contributed by atoms with Crippen molar-refractivity contribution in [2.75, 3.05) is 12.0 Å². The summed E-state index contributed by atoms with van der Waals surface area (Å²) in [7, 11) is 1.56. The first-order chi connectivity index (χ1) is 18.0. The molecule has 1 saturated heterocycles. The predicted octanol–water partition coefficient (Wildman–Crippen LogP) is 4.82. The number of imide groups is 1. The number of anilines is 1. The standard InChI is InChI=1S/C28H22N2O5S2/c1-34-19-12-10-18(11-13-19)30-26(31)22-21(23-25(29-28(33)37-23)36-24(22)27(30)32)17-8-5-9-20(14-17)35-15-16-6-3-2-4-7-16/h2-14,21-22,24H,15H2,1H3,(H,29,33)/t21-,22?,24?/m1/s1. The van der Waals surface area contributed by atoms with Crippen molar-refractivity contribution in [2.45, 2.75) is 22.8 Å². The van der Waals surface area contributed by atoms with Gasteiger partial charge in [-0.05, 0) is 47.5 Å². The summed E-state index contributed by atoms with van der Waals surface area (Å²) in [5, 5.41) is 0.000771. The molecule has 1 N–H and O–H groups in total. The summed E-state index contributed by atoms with van der Waals surface area (Å²) in [5.41, 5.74) is 2.37. The number of carbonyl (C=O) groups excluding carboxylic acids is 2. The first-order valence-corrected chi connectivity index (χ1v) is 13.4. The summed E-state index contributed by atoms with van der Waals surface area (Å²) in [6.45, 7) is 0.405. The van der Waals surface area contributed by atoms with Gasteiger partial charge in [-0.1, -0.05) is 65.6 Å². The SMILES string of the molecule is COc1ccc(N2C(=O)C3Sc4[nH]c(=O)sc4[C@H](c4cccc(OCc5ccccc5)c4)C3C2=O)cc1. The number of methoxy groups -OCH3 is 1. The lowest BCUT2D eigenvalue weighted by atomic mass is 9.83. The van der Waals surface area contributed by atoms with Crippen molar-refractivity contribution in [3.8, 4) is 11.5 Å². The molecule has 0 spiro atoms. The highest BCUT2D eigenvalue weighted by Crippen LogP contribution is 2.53. The van der Waals surface area contributed by atoms with E-state index in [9.17, 15) is 14.4 Å². The smallest absolute Gasteiger partial charge is 0.305 e. The molecule has 7 nitrogen and oxygen atoms in total. The van der Waals surface area contributed by atoms with Crippen LogP contribution in [0.2, 0.25) is 0 Å². The van der Waals surface area contributed by atoms with Crippen molar-refractivity contribution in [1.29, 1.82) is 0 Å². The van der Waals surface area contributed by atoms with Gasteiger partial charge in [-0.3, -0.25) is 14.4 Å². The fourth-order valence-corrected chi connectivity index (χ4v) is 7.42. The minimum absolute atomic E-state index is 0.203. The van der Waals surface area contributed by atoms with Gasteiger partial charge in [0.15, 0.2) is 0 Å². The predicted molar refractivity (Wildman–Crippen MR) is 143 cm³/mol. The molecule has 0 bridgehead atoms. The van der Waals surface area contributed by atoms with Gasteiger partial charge in [-0.15, -0.1) is 0 Å². The molecule has 0 aliphatic carbocycles. The van der Waals surface area contributed by atoms with Crippen molar-refractivity contribution in [3.63, 3.8) is 0 Å². The highest BCUT2D eigenvalue weighted by atomic mass is 32.2. The van der Waals surface area contributed by atoms with Crippen LogP contribution >= 0.6 is 23.1 Å². The Hall–Kier alpha value is -3.82. The van der Waals surface area contributed by atoms with Crippen LogP contribution in [-0.2, 0) is 16.2 Å². The average Bonchev–Trinajstić information content (AvgIpc) is 3.42. The normalized spacial score (nSPS) is 20.5. The van der Waals surface area contributed by atoms with E-state index in [1.165, 1.54) is 16.7 Å². The van der Waals surface area contributed by atoms with Gasteiger partial charge >= 0.3 is 4.87 Å². The number of rotatable bonds is 6. The number of ether oxygens (including phenoxy) is 2. The second kappa shape index (κ2) is 9.57. The number of aromatic nitrogens is 1. The molecule has 2 aliphatic heterocycles. The zero-order valence-electron chi connectivity index (χ0n) is 19.7. The lowest BCUT2D eigenvalue weighted by molar-refractivity contribution is -0.122. The van der Waals surface area contributed by atoms with Crippen LogP contribution in [0.5, 0.6) is 11.5 Å². The third-order valence-corrected chi connectivity index (χ3v) is 9.02. The zero-order chi connectivity index (χ0) is 25.5. The van der Waals surface area contributed by atoms with Crippen LogP contribution < -0.4 is 19.2 Å². The Morgan fingerprint density at radius 1 is 0.892 bits per heavy atom. The zero-order valence-corrected chi connectivity index (χ0v) is 21.4. The molecule has 4 aromatic rings. The highest BCUT2D eigenvalue weighted by Gasteiger charge is 2.56. The Balaban J connectivity index is 1.37. The molecule has 0 radical (unpaired) electrons. The third-order valence-electron chi connectivity index (χ3n) is 6.62. The van der Waals surface area contributed by atoms with E-state index in [0.717, 1.165) is 27.3 Å². The second-order valence-electron chi connectivity index (χ2n) is 8.81. The number of nitrogens with zero attached hydrogens (tertiary/aromatic N) is 1. The molecule has 186 valence electrons. The summed E-state index contributed by atoms with van der Waals surface area (Å²) < 4.78 is 11.3. The molecule has 2 amide bonds. The quantitative estimate of drug-likeness (QED) is 0.360. The van der Waals surface area contributed by atoms with Gasteiger partial charge in [0.2, 0.25) is 11.8 Å². The van der Waals surface area contributed by atoms with Crippen LogP contribution in [0.3, 0.4) is 0 Å². The number of benzene rings is 3. The fourth-order valence-electron chi connectivity index (χ4n) is 4.90. The monoisotopic (exact) mass is 530 g/mol.